The van der Waals surface area contributed by atoms with Crippen molar-refractivity contribution in [2.75, 3.05) is 13.2 Å². The normalized spacial score (nSPS) is 33.8. The van der Waals surface area contributed by atoms with Gasteiger partial charge in [0.2, 0.25) is 0 Å². The molecule has 15 nitrogen and oxygen atoms in total. The van der Waals surface area contributed by atoms with Gasteiger partial charge in [-0.3, -0.25) is 4.79 Å². The van der Waals surface area contributed by atoms with Gasteiger partial charge in [0.25, 0.3) is 0 Å². The van der Waals surface area contributed by atoms with Crippen molar-refractivity contribution in [3.8, 4) is 12.3 Å². The zero-order chi connectivity index (χ0) is 39.4. The fourth-order valence-electron chi connectivity index (χ4n) is 8.87. The summed E-state index contributed by atoms with van der Waals surface area (Å²) in [6, 6.07) is 9.16. The van der Waals surface area contributed by atoms with Gasteiger partial charge in [0.05, 0.1) is 36.1 Å². The Morgan fingerprint density at radius 1 is 1.05 bits per heavy atom. The molecule has 0 spiro atoms. The van der Waals surface area contributed by atoms with Gasteiger partial charge >= 0.3 is 18.0 Å². The molecule has 1 aromatic heterocycles. The Morgan fingerprint density at radius 3 is 2.32 bits per heavy atom. The molecule has 4 aliphatic rings. The summed E-state index contributed by atoms with van der Waals surface area (Å²) in [6.45, 7) is 5.43. The minimum atomic E-state index is -2.33. The first kappa shape index (κ1) is 47.0. The van der Waals surface area contributed by atoms with E-state index in [4.69, 9.17) is 29.8 Å². The van der Waals surface area contributed by atoms with Crippen LogP contribution in [0.5, 0.6) is 0 Å². The van der Waals surface area contributed by atoms with Crippen LogP contribution in [0.3, 0.4) is 0 Å². The van der Waals surface area contributed by atoms with Crippen LogP contribution in [0.4, 0.5) is 4.79 Å². The van der Waals surface area contributed by atoms with Crippen LogP contribution in [0.2, 0.25) is 0 Å². The number of fused-ring (bicyclic) bond motifs is 5. The largest absolute Gasteiger partial charge is 0.467 e. The third kappa shape index (κ3) is 7.87. The molecule has 3 fully saturated rings. The minimum absolute atomic E-state index is 0. The number of nitrogens with one attached hydrogen (secondary N) is 1. The number of hydrogen-bond acceptors (Lipinski definition) is 14. The van der Waals surface area contributed by atoms with Crippen molar-refractivity contribution in [3.05, 3.63) is 71.2 Å². The van der Waals surface area contributed by atoms with Crippen LogP contribution in [0.1, 0.15) is 69.1 Å². The number of Topliss-reactive ketones (excluding diaryl/α,β-unsaturated/α-hetero) is 1. The Hall–Kier alpha value is -1.68. The first-order valence-corrected chi connectivity index (χ1v) is 17.7. The van der Waals surface area contributed by atoms with Gasteiger partial charge in [-0.1, -0.05) is 32.0 Å². The van der Waals surface area contributed by atoms with E-state index in [9.17, 15) is 44.7 Å². The second-order valence-electron chi connectivity index (χ2n) is 15.2. The van der Waals surface area contributed by atoms with Crippen molar-refractivity contribution in [2.45, 2.75) is 101 Å². The number of carbonyl (C=O) groups is 4. The molecule has 2 bridgehead atoms. The molecule has 1 saturated heterocycles. The molecule has 6 rings (SSSR count). The van der Waals surface area contributed by atoms with Gasteiger partial charge in [-0.15, -0.1) is 12.3 Å². The molecule has 3 aliphatic carbocycles. The maximum Gasteiger partial charge on any atom is 0.407 e. The summed E-state index contributed by atoms with van der Waals surface area (Å²) in [4.78, 5) is 54.9. The molecule has 296 valence electrons. The molecule has 2 saturated carbocycles. The van der Waals surface area contributed by atoms with Gasteiger partial charge in [0, 0.05) is 119 Å². The van der Waals surface area contributed by atoms with E-state index in [1.165, 1.54) is 58.2 Å². The molecule has 2 radical (unpaired) electrons. The van der Waals surface area contributed by atoms with E-state index >= 15 is 0 Å². The van der Waals surface area contributed by atoms with Crippen molar-refractivity contribution in [2.24, 2.45) is 16.7 Å². The number of terminal acetylenes is 1. The van der Waals surface area contributed by atoms with Crippen LogP contribution >= 0.6 is 0 Å². The smallest absolute Gasteiger partial charge is 0.407 e. The minimum Gasteiger partial charge on any atom is -0.467 e. The number of ether oxygens (including phenoxy) is 4. The van der Waals surface area contributed by atoms with E-state index in [1.807, 2.05) is 0 Å². The molecular weight excluding hydrogens is 1160 g/mol. The van der Waals surface area contributed by atoms with Crippen LogP contribution in [0.15, 0.2) is 64.3 Å². The summed E-state index contributed by atoms with van der Waals surface area (Å²) in [5.74, 6) is -2.39. The van der Waals surface area contributed by atoms with Crippen LogP contribution in [-0.2, 0) is 28.5 Å². The van der Waals surface area contributed by atoms with E-state index in [0.717, 1.165) is 0 Å². The fraction of sp³-hybridized carbons (Fsp3) is 0.538. The van der Waals surface area contributed by atoms with Gasteiger partial charge < -0.3 is 54.2 Å². The van der Waals surface area contributed by atoms with Crippen molar-refractivity contribution in [1.29, 1.82) is 0 Å². The van der Waals surface area contributed by atoms with Gasteiger partial charge in [-0.25, -0.2) is 14.4 Å². The molecule has 1 aliphatic heterocycles. The number of furan rings is 1. The number of esters is 2. The average Bonchev–Trinajstić information content (AvgIpc) is 3.67. The SMILES string of the molecule is C#CCCOC(=O)N[C@@H](c1ccco1)[C@@H](O)C(=O)O[C@H]1C[C@@]2(O)[C@@H](OC(=O)c3ccccc3)[C@@H]3[C@]4(O)CO[C@@H]4C[C@H](O)[C@@]3(C)C(=O)[C@H](O)C(=C1C)C2(C)C.[Ac].[Ac]. The summed E-state index contributed by atoms with van der Waals surface area (Å²) in [5.41, 5.74) is -7.68. The van der Waals surface area contributed by atoms with E-state index in [2.05, 4.69) is 11.2 Å². The maximum absolute atomic E-state index is 14.6. The average molecular weight is 1210 g/mol. The van der Waals surface area contributed by atoms with Crippen LogP contribution in [0.25, 0.3) is 0 Å². The first-order chi connectivity index (χ1) is 25.4. The number of alkyl carbamates (subject to hydrolysis) is 1. The Kier molecular flexibility index (Phi) is 15.0. The monoisotopic (exact) mass is 1210 g/mol. The summed E-state index contributed by atoms with van der Waals surface area (Å²) in [6.07, 6.45) is -5.03. The van der Waals surface area contributed by atoms with Crippen molar-refractivity contribution >= 4 is 23.8 Å². The molecule has 2 heterocycles. The summed E-state index contributed by atoms with van der Waals surface area (Å²) < 4.78 is 28.0. The third-order valence-corrected chi connectivity index (χ3v) is 12.0. The van der Waals surface area contributed by atoms with Crippen molar-refractivity contribution in [3.63, 3.8) is 0 Å². The summed E-state index contributed by atoms with van der Waals surface area (Å²) in [7, 11) is 0. The maximum atomic E-state index is 14.6. The fourth-order valence-corrected chi connectivity index (χ4v) is 8.87. The first-order valence-electron chi connectivity index (χ1n) is 17.7. The standard InChI is InChI=1S/C39H45NO14.2Ac/c1-6-7-15-51-35(47)40-27(22-14-11-16-50-22)29(43)34(46)53-23-18-39(49)32(54-33(45)21-12-9-8-10-13-21)30-37(5,24(41)17-25-38(30,48)19-52-25)31(44)28(42)26(20(23)2)36(39,3)4;;/h1,8-14,16,23-25,27-30,32,41-43,48-49H,7,15,17-19H2,2-5H3,(H,40,47);;/t23-,24-,25+,27-,28+,29+,30-,32-,37+,38-,39+;;/m0../s1. The number of ketones is 1. The van der Waals surface area contributed by atoms with Crippen molar-refractivity contribution in [1.82, 2.24) is 5.32 Å². The molecular formula is C39H45Ac2NO14. The van der Waals surface area contributed by atoms with Gasteiger partial charge in [0.1, 0.15) is 47.9 Å². The summed E-state index contributed by atoms with van der Waals surface area (Å²) >= 11 is 0. The van der Waals surface area contributed by atoms with E-state index in [1.54, 1.807) is 18.2 Å². The number of aliphatic hydroxyl groups excluding tert-OH is 3. The van der Waals surface area contributed by atoms with Crippen molar-refractivity contribution < 1.29 is 156 Å². The quantitative estimate of drug-likeness (QED) is 0.0688. The summed E-state index contributed by atoms with van der Waals surface area (Å²) in [5, 5.41) is 62.6. The molecule has 1 amide bonds. The Labute approximate surface area is 395 Å². The van der Waals surface area contributed by atoms with E-state index < -0.39 is 101 Å². The van der Waals surface area contributed by atoms with Gasteiger partial charge in [-0.2, -0.15) is 0 Å². The molecule has 6 N–H and O–H groups in total. The molecule has 56 heavy (non-hydrogen) atoms. The van der Waals surface area contributed by atoms with Gasteiger partial charge in [0.15, 0.2) is 11.9 Å². The molecule has 0 unspecified atom stereocenters. The number of benzene rings is 1. The number of aliphatic hydroxyl groups is 5. The topological polar surface area (TPSA) is 232 Å². The number of amides is 1. The van der Waals surface area contributed by atoms with Gasteiger partial charge in [-0.05, 0) is 49.3 Å². The molecule has 11 atom stereocenters. The zero-order valence-electron chi connectivity index (χ0n) is 31.4. The Balaban J connectivity index is 0.00000348. The van der Waals surface area contributed by atoms with E-state index in [0.29, 0.717) is 0 Å². The number of rotatable bonds is 9. The third-order valence-electron chi connectivity index (χ3n) is 12.0. The second kappa shape index (κ2) is 17.9. The van der Waals surface area contributed by atoms with Crippen LogP contribution in [-0.4, -0.2) is 110 Å². The molecule has 17 heteroatoms. The second-order valence-corrected chi connectivity index (χ2v) is 15.2. The molecule has 2 aromatic rings. The predicted molar refractivity (Wildman–Crippen MR) is 185 cm³/mol. The zero-order valence-corrected chi connectivity index (χ0v) is 40.9. The predicted octanol–water partition coefficient (Wildman–Crippen LogP) is 1.51. The Morgan fingerprint density at radius 2 is 1.73 bits per heavy atom. The number of carbonyl (C=O) groups excluding carboxylic acids is 4. The van der Waals surface area contributed by atoms with E-state index in [-0.39, 0.29) is 137 Å². The molecule has 1 aromatic carbocycles. The Bertz CT molecular complexity index is 1860. The van der Waals surface area contributed by atoms with Crippen LogP contribution in [0, 0.1) is 117 Å². The number of hydrogen-bond donors (Lipinski definition) is 6. The van der Waals surface area contributed by atoms with Crippen LogP contribution < -0.4 is 5.32 Å².